The number of hydrogen-bond acceptors (Lipinski definition) is 5. The molecule has 2 heterocycles. The second kappa shape index (κ2) is 8.74. The second-order valence-electron chi connectivity index (χ2n) is 7.92. The average molecular weight is 471 g/mol. The van der Waals surface area contributed by atoms with Crippen LogP contribution in [0.1, 0.15) is 36.8 Å². The first-order valence-electron chi connectivity index (χ1n) is 10.4. The first-order valence-corrected chi connectivity index (χ1v) is 10.4. The van der Waals surface area contributed by atoms with E-state index in [1.54, 1.807) is 24.3 Å². The van der Waals surface area contributed by atoms with Gasteiger partial charge in [-0.25, -0.2) is 0 Å². The van der Waals surface area contributed by atoms with E-state index < -0.39 is 35.2 Å². The molecule has 9 heteroatoms. The largest absolute Gasteiger partial charge is 0.507 e. The number of anilines is 1. The van der Waals surface area contributed by atoms with Crippen molar-refractivity contribution in [1.82, 2.24) is 0 Å². The van der Waals surface area contributed by atoms with Gasteiger partial charge >= 0.3 is 6.18 Å². The van der Waals surface area contributed by atoms with Crippen LogP contribution < -0.4 is 9.64 Å². The summed E-state index contributed by atoms with van der Waals surface area (Å²) in [6, 6.07) is 12.1. The van der Waals surface area contributed by atoms with Crippen LogP contribution in [-0.4, -0.2) is 22.9 Å². The highest BCUT2D eigenvalue weighted by molar-refractivity contribution is 6.51. The molecule has 2 aromatic carbocycles. The zero-order chi connectivity index (χ0) is 24.6. The molecule has 1 aliphatic heterocycles. The minimum absolute atomic E-state index is 0.0486. The van der Waals surface area contributed by atoms with Crippen molar-refractivity contribution in [3.8, 4) is 5.75 Å². The number of furan rings is 1. The molecule has 1 aliphatic rings. The fourth-order valence-electron chi connectivity index (χ4n) is 3.77. The molecule has 1 N–H and O–H groups in total. The number of hydrogen-bond donors (Lipinski definition) is 1. The second-order valence-corrected chi connectivity index (χ2v) is 7.92. The number of aliphatic hydroxyl groups is 1. The highest BCUT2D eigenvalue weighted by Gasteiger charge is 2.48. The normalized spacial score (nSPS) is 18.1. The molecule has 34 heavy (non-hydrogen) atoms. The Labute approximate surface area is 192 Å². The number of aliphatic hydroxyl groups excluding tert-OH is 1. The maximum absolute atomic E-state index is 13.0. The van der Waals surface area contributed by atoms with E-state index in [0.717, 1.165) is 29.2 Å². The molecule has 6 nitrogen and oxygen atoms in total. The molecular weight excluding hydrogens is 451 g/mol. The summed E-state index contributed by atoms with van der Waals surface area (Å²) >= 11 is 0. The molecule has 1 fully saturated rings. The zero-order valence-electron chi connectivity index (χ0n) is 18.2. The van der Waals surface area contributed by atoms with Crippen LogP contribution in [0.15, 0.2) is 76.9 Å². The molecule has 0 spiro atoms. The lowest BCUT2D eigenvalue weighted by Crippen LogP contribution is -2.29. The summed E-state index contributed by atoms with van der Waals surface area (Å²) < 4.78 is 50.1. The molecule has 4 rings (SSSR count). The summed E-state index contributed by atoms with van der Waals surface area (Å²) in [6.45, 7) is 3.66. The number of ketones is 1. The maximum atomic E-state index is 13.0. The number of amides is 1. The third kappa shape index (κ3) is 4.28. The van der Waals surface area contributed by atoms with Crippen molar-refractivity contribution in [2.24, 2.45) is 0 Å². The Hall–Kier alpha value is -4.01. The Balaban J connectivity index is 1.84. The molecule has 1 atom stereocenters. The number of carbonyl (C=O) groups excluding carboxylic acids is 2. The lowest BCUT2D eigenvalue weighted by Gasteiger charge is -2.23. The van der Waals surface area contributed by atoms with Gasteiger partial charge in [0.2, 0.25) is 0 Å². The van der Waals surface area contributed by atoms with Crippen molar-refractivity contribution in [1.29, 1.82) is 0 Å². The number of nitrogens with zero attached hydrogens (tertiary/aromatic N) is 1. The van der Waals surface area contributed by atoms with Crippen molar-refractivity contribution < 1.29 is 37.0 Å². The Bertz CT molecular complexity index is 1240. The van der Waals surface area contributed by atoms with Gasteiger partial charge in [0, 0.05) is 11.3 Å². The highest BCUT2D eigenvalue weighted by atomic mass is 19.4. The van der Waals surface area contributed by atoms with Gasteiger partial charge < -0.3 is 14.3 Å². The van der Waals surface area contributed by atoms with E-state index in [1.165, 1.54) is 18.4 Å². The van der Waals surface area contributed by atoms with Crippen LogP contribution in [0.4, 0.5) is 18.9 Å². The van der Waals surface area contributed by atoms with E-state index in [0.29, 0.717) is 5.75 Å². The van der Waals surface area contributed by atoms with Crippen molar-refractivity contribution in [2.75, 3.05) is 4.90 Å². The molecule has 0 radical (unpaired) electrons. The van der Waals surface area contributed by atoms with Crippen LogP contribution in [0, 0.1) is 0 Å². The Morgan fingerprint density at radius 2 is 1.76 bits per heavy atom. The van der Waals surface area contributed by atoms with Crippen LogP contribution in [0.5, 0.6) is 5.75 Å². The average Bonchev–Trinajstić information content (AvgIpc) is 3.39. The molecular formula is C25H20F3NO5. The topological polar surface area (TPSA) is 80.0 Å². The molecule has 1 aromatic heterocycles. The van der Waals surface area contributed by atoms with Gasteiger partial charge in [-0.05, 0) is 62.4 Å². The molecule has 3 aromatic rings. The van der Waals surface area contributed by atoms with E-state index >= 15 is 0 Å². The van der Waals surface area contributed by atoms with Crippen molar-refractivity contribution in [3.63, 3.8) is 0 Å². The monoisotopic (exact) mass is 471 g/mol. The minimum Gasteiger partial charge on any atom is -0.507 e. The van der Waals surface area contributed by atoms with Crippen LogP contribution in [0.2, 0.25) is 0 Å². The standard InChI is InChI=1S/C25H20F3NO5/c1-14(2)34-18-6-3-5-15(13-18)22(30)20-21(19-7-4-12-33-19)29(24(32)23(20)31)17-10-8-16(9-11-17)25(26,27)28/h3-14,21,30H,1-2H3/b22-20-. The summed E-state index contributed by atoms with van der Waals surface area (Å²) in [7, 11) is 0. The number of carbonyl (C=O) groups is 2. The molecule has 1 amide bonds. The van der Waals surface area contributed by atoms with Crippen LogP contribution in [0.25, 0.3) is 5.76 Å². The SMILES string of the molecule is CC(C)Oc1cccc(/C(O)=C2/C(=O)C(=O)N(c3ccc(C(F)(F)F)cc3)C2c2ccco2)c1. The van der Waals surface area contributed by atoms with Gasteiger partial charge in [-0.15, -0.1) is 0 Å². The van der Waals surface area contributed by atoms with Gasteiger partial charge in [-0.2, -0.15) is 13.2 Å². The lowest BCUT2D eigenvalue weighted by atomic mass is 9.99. The third-order valence-corrected chi connectivity index (χ3v) is 5.21. The predicted molar refractivity (Wildman–Crippen MR) is 117 cm³/mol. The van der Waals surface area contributed by atoms with E-state index in [1.807, 2.05) is 13.8 Å². The molecule has 176 valence electrons. The van der Waals surface area contributed by atoms with E-state index in [2.05, 4.69) is 0 Å². The lowest BCUT2D eigenvalue weighted by molar-refractivity contribution is -0.137. The number of ether oxygens (including phenoxy) is 1. The number of halogens is 3. The smallest absolute Gasteiger partial charge is 0.416 e. The minimum atomic E-state index is -4.56. The van der Waals surface area contributed by atoms with E-state index in [9.17, 15) is 27.9 Å². The van der Waals surface area contributed by atoms with Gasteiger partial charge in [0.1, 0.15) is 23.3 Å². The fourth-order valence-corrected chi connectivity index (χ4v) is 3.77. The van der Waals surface area contributed by atoms with Gasteiger partial charge in [0.25, 0.3) is 11.7 Å². The first-order chi connectivity index (χ1) is 16.1. The summed E-state index contributed by atoms with van der Waals surface area (Å²) in [5.74, 6) is -1.84. The van der Waals surface area contributed by atoms with Gasteiger partial charge in [-0.3, -0.25) is 14.5 Å². The number of benzene rings is 2. The fraction of sp³-hybridized carbons (Fsp3) is 0.200. The zero-order valence-corrected chi connectivity index (χ0v) is 18.2. The van der Waals surface area contributed by atoms with Crippen molar-refractivity contribution in [2.45, 2.75) is 32.2 Å². The maximum Gasteiger partial charge on any atom is 0.416 e. The van der Waals surface area contributed by atoms with Crippen LogP contribution in [-0.2, 0) is 15.8 Å². The number of rotatable bonds is 5. The molecule has 0 bridgehead atoms. The van der Waals surface area contributed by atoms with Gasteiger partial charge in [0.05, 0.1) is 23.5 Å². The summed E-state index contributed by atoms with van der Waals surface area (Å²) in [5.41, 5.74) is -0.863. The van der Waals surface area contributed by atoms with Crippen LogP contribution in [0.3, 0.4) is 0 Å². The van der Waals surface area contributed by atoms with Gasteiger partial charge in [-0.1, -0.05) is 12.1 Å². The molecule has 0 saturated carbocycles. The van der Waals surface area contributed by atoms with E-state index in [4.69, 9.17) is 9.15 Å². The summed E-state index contributed by atoms with van der Waals surface area (Å²) in [6.07, 6.45) is -3.36. The van der Waals surface area contributed by atoms with E-state index in [-0.39, 0.29) is 28.7 Å². The van der Waals surface area contributed by atoms with Gasteiger partial charge in [0.15, 0.2) is 0 Å². The summed E-state index contributed by atoms with van der Waals surface area (Å²) in [4.78, 5) is 27.0. The Kier molecular flexibility index (Phi) is 5.95. The van der Waals surface area contributed by atoms with Crippen molar-refractivity contribution in [3.05, 3.63) is 89.4 Å². The number of Topliss-reactive ketones (excluding diaryl/α,β-unsaturated/α-hetero) is 1. The molecule has 1 unspecified atom stereocenters. The predicted octanol–water partition coefficient (Wildman–Crippen LogP) is 5.71. The molecule has 1 saturated heterocycles. The number of alkyl halides is 3. The molecule has 0 aliphatic carbocycles. The quantitative estimate of drug-likeness (QED) is 0.293. The highest BCUT2D eigenvalue weighted by Crippen LogP contribution is 2.43. The third-order valence-electron chi connectivity index (χ3n) is 5.21. The van der Waals surface area contributed by atoms with Crippen molar-refractivity contribution >= 4 is 23.1 Å². The Morgan fingerprint density at radius 1 is 1.06 bits per heavy atom. The Morgan fingerprint density at radius 3 is 2.35 bits per heavy atom. The summed E-state index contributed by atoms with van der Waals surface area (Å²) in [5, 5.41) is 11.1. The van der Waals surface area contributed by atoms with Crippen LogP contribution >= 0.6 is 0 Å². The first kappa shape index (κ1) is 23.2.